The molecule has 0 bridgehead atoms. The van der Waals surface area contributed by atoms with Gasteiger partial charge in [-0.25, -0.2) is 8.42 Å². The van der Waals surface area contributed by atoms with Crippen LogP contribution in [0.4, 0.5) is 11.4 Å². The topological polar surface area (TPSA) is 130 Å². The molecule has 9 nitrogen and oxygen atoms in total. The van der Waals surface area contributed by atoms with Crippen molar-refractivity contribution in [2.45, 2.75) is 37.1 Å². The molecule has 1 saturated heterocycles. The van der Waals surface area contributed by atoms with Crippen molar-refractivity contribution >= 4 is 27.4 Å². The summed E-state index contributed by atoms with van der Waals surface area (Å²) in [6.07, 6.45) is 2.48. The minimum atomic E-state index is -3.79. The molecule has 132 valence electrons. The van der Waals surface area contributed by atoms with Crippen molar-refractivity contribution in [1.82, 2.24) is 4.31 Å². The van der Waals surface area contributed by atoms with Crippen LogP contribution >= 0.6 is 0 Å². The van der Waals surface area contributed by atoms with E-state index in [0.717, 1.165) is 25.3 Å². The van der Waals surface area contributed by atoms with E-state index in [1.807, 2.05) is 0 Å². The number of anilines is 1. The van der Waals surface area contributed by atoms with Gasteiger partial charge in [0.1, 0.15) is 11.7 Å². The van der Waals surface area contributed by atoms with Crippen molar-refractivity contribution in [3.05, 3.63) is 28.3 Å². The Hall–Kier alpha value is -2.20. The molecule has 2 N–H and O–H groups in total. The van der Waals surface area contributed by atoms with Gasteiger partial charge in [-0.15, -0.1) is 0 Å². The molecular weight excluding hydrogens is 338 g/mol. The molecule has 1 heterocycles. The summed E-state index contributed by atoms with van der Waals surface area (Å²) in [7, 11) is -3.79. The highest BCUT2D eigenvalue weighted by molar-refractivity contribution is 7.89. The molecule has 0 saturated carbocycles. The maximum atomic E-state index is 12.6. The van der Waals surface area contributed by atoms with Crippen LogP contribution in [0.25, 0.3) is 0 Å². The first-order valence-corrected chi connectivity index (χ1v) is 8.95. The molecule has 1 aromatic carbocycles. The van der Waals surface area contributed by atoms with Crippen LogP contribution < -0.4 is 5.32 Å². The van der Waals surface area contributed by atoms with Crippen LogP contribution in [0, 0.1) is 10.1 Å². The molecule has 0 radical (unpaired) electrons. The van der Waals surface area contributed by atoms with Crippen LogP contribution in [0.15, 0.2) is 23.1 Å². The van der Waals surface area contributed by atoms with Crippen molar-refractivity contribution in [2.75, 3.05) is 18.4 Å². The fraction of sp³-hybridized carbons (Fsp3) is 0.500. The molecular formula is C14H19N3O6S. The van der Waals surface area contributed by atoms with Crippen molar-refractivity contribution in [3.63, 3.8) is 0 Å². The lowest BCUT2D eigenvalue weighted by atomic mass is 10.2. The van der Waals surface area contributed by atoms with Crippen LogP contribution in [-0.4, -0.2) is 47.9 Å². The van der Waals surface area contributed by atoms with E-state index in [2.05, 4.69) is 5.32 Å². The number of carboxylic acids is 1. The Kier molecular flexibility index (Phi) is 5.40. The zero-order chi connectivity index (χ0) is 17.9. The minimum absolute atomic E-state index is 0.0347. The Morgan fingerprint density at radius 1 is 1.33 bits per heavy atom. The second-order valence-corrected chi connectivity index (χ2v) is 7.54. The highest BCUT2D eigenvalue weighted by Gasteiger charge is 2.29. The molecule has 1 fully saturated rings. The SMILES string of the molecule is C[C@H](Nc1ccc(S(=O)(=O)N2CCCCC2)cc1[N+](=O)[O-])C(=O)O. The quantitative estimate of drug-likeness (QED) is 0.585. The first-order valence-electron chi connectivity index (χ1n) is 7.51. The zero-order valence-electron chi connectivity index (χ0n) is 13.1. The van der Waals surface area contributed by atoms with Gasteiger partial charge in [-0.3, -0.25) is 14.9 Å². The molecule has 0 unspecified atom stereocenters. The number of nitrogens with one attached hydrogen (secondary N) is 1. The third-order valence-electron chi connectivity index (χ3n) is 3.86. The highest BCUT2D eigenvalue weighted by atomic mass is 32.2. The molecule has 0 aromatic heterocycles. The first-order chi connectivity index (χ1) is 11.2. The molecule has 1 aliphatic heterocycles. The maximum absolute atomic E-state index is 12.6. The van der Waals surface area contributed by atoms with Crippen molar-refractivity contribution in [1.29, 1.82) is 0 Å². The summed E-state index contributed by atoms with van der Waals surface area (Å²) in [5, 5.41) is 22.6. The number of aliphatic carboxylic acids is 1. The Morgan fingerprint density at radius 3 is 2.50 bits per heavy atom. The van der Waals surface area contributed by atoms with Crippen molar-refractivity contribution in [3.8, 4) is 0 Å². The van der Waals surface area contributed by atoms with Gasteiger partial charge in [0.2, 0.25) is 10.0 Å². The molecule has 10 heteroatoms. The van der Waals surface area contributed by atoms with Gasteiger partial charge in [0, 0.05) is 19.2 Å². The maximum Gasteiger partial charge on any atom is 0.325 e. The van der Waals surface area contributed by atoms with Gasteiger partial charge < -0.3 is 10.4 Å². The van der Waals surface area contributed by atoms with Gasteiger partial charge in [-0.1, -0.05) is 6.42 Å². The molecule has 2 rings (SSSR count). The number of rotatable bonds is 6. The number of nitro benzene ring substituents is 1. The molecule has 24 heavy (non-hydrogen) atoms. The summed E-state index contributed by atoms with van der Waals surface area (Å²) < 4.78 is 26.5. The van der Waals surface area contributed by atoms with E-state index in [-0.39, 0.29) is 10.6 Å². The van der Waals surface area contributed by atoms with E-state index in [0.29, 0.717) is 13.1 Å². The predicted molar refractivity (Wildman–Crippen MR) is 86.4 cm³/mol. The summed E-state index contributed by atoms with van der Waals surface area (Å²) in [6.45, 7) is 2.13. The van der Waals surface area contributed by atoms with Gasteiger partial charge in [0.25, 0.3) is 5.69 Å². The summed E-state index contributed by atoms with van der Waals surface area (Å²) in [5.41, 5.74) is -0.506. The van der Waals surface area contributed by atoms with E-state index < -0.39 is 32.6 Å². The lowest BCUT2D eigenvalue weighted by molar-refractivity contribution is -0.384. The van der Waals surface area contributed by atoms with E-state index in [1.54, 1.807) is 0 Å². The Bertz CT molecular complexity index is 743. The molecule has 0 spiro atoms. The number of nitro groups is 1. The summed E-state index contributed by atoms with van der Waals surface area (Å²) >= 11 is 0. The number of piperidine rings is 1. The zero-order valence-corrected chi connectivity index (χ0v) is 14.0. The van der Waals surface area contributed by atoms with Crippen LogP contribution in [0.3, 0.4) is 0 Å². The molecule has 0 aliphatic carbocycles. The third kappa shape index (κ3) is 3.82. The standard InChI is InChI=1S/C14H19N3O6S/c1-10(14(18)19)15-12-6-5-11(9-13(12)17(20)21)24(22,23)16-7-3-2-4-8-16/h5-6,9-10,15H,2-4,7-8H2,1H3,(H,18,19)/t10-/m0/s1. The van der Waals surface area contributed by atoms with Crippen LogP contribution in [0.2, 0.25) is 0 Å². The Morgan fingerprint density at radius 2 is 1.96 bits per heavy atom. The van der Waals surface area contributed by atoms with Gasteiger partial charge >= 0.3 is 5.97 Å². The average Bonchev–Trinajstić information content (AvgIpc) is 2.55. The van der Waals surface area contributed by atoms with E-state index in [1.165, 1.54) is 23.4 Å². The number of hydrogen-bond acceptors (Lipinski definition) is 6. The van der Waals surface area contributed by atoms with E-state index in [9.17, 15) is 23.3 Å². The lowest BCUT2D eigenvalue weighted by Gasteiger charge is -2.25. The summed E-state index contributed by atoms with van der Waals surface area (Å²) in [6, 6.07) is 2.41. The second-order valence-electron chi connectivity index (χ2n) is 5.61. The summed E-state index contributed by atoms with van der Waals surface area (Å²) in [5.74, 6) is -1.17. The van der Waals surface area contributed by atoms with Gasteiger partial charge in [0.15, 0.2) is 0 Å². The number of sulfonamides is 1. The Labute approximate surface area is 139 Å². The number of carboxylic acid groups (broad SMARTS) is 1. The first kappa shape index (κ1) is 18.1. The summed E-state index contributed by atoms with van der Waals surface area (Å²) in [4.78, 5) is 21.2. The van der Waals surface area contributed by atoms with Crippen molar-refractivity contribution in [2.24, 2.45) is 0 Å². The lowest BCUT2D eigenvalue weighted by Crippen LogP contribution is -2.35. The normalized spacial score (nSPS) is 17.2. The highest BCUT2D eigenvalue weighted by Crippen LogP contribution is 2.30. The monoisotopic (exact) mass is 357 g/mol. The van der Waals surface area contributed by atoms with Gasteiger partial charge in [-0.2, -0.15) is 4.31 Å². The fourth-order valence-electron chi connectivity index (χ4n) is 2.49. The molecule has 1 aliphatic rings. The molecule has 1 aromatic rings. The van der Waals surface area contributed by atoms with Crippen molar-refractivity contribution < 1.29 is 23.2 Å². The second kappa shape index (κ2) is 7.14. The largest absolute Gasteiger partial charge is 0.480 e. The average molecular weight is 357 g/mol. The van der Waals surface area contributed by atoms with E-state index >= 15 is 0 Å². The van der Waals surface area contributed by atoms with Crippen LogP contribution in [0.5, 0.6) is 0 Å². The number of nitrogens with zero attached hydrogens (tertiary/aromatic N) is 2. The number of benzene rings is 1. The van der Waals surface area contributed by atoms with Crippen LogP contribution in [0.1, 0.15) is 26.2 Å². The molecule has 0 amide bonds. The van der Waals surface area contributed by atoms with E-state index in [4.69, 9.17) is 5.11 Å². The Balaban J connectivity index is 2.37. The smallest absolute Gasteiger partial charge is 0.325 e. The van der Waals surface area contributed by atoms with Gasteiger partial charge in [0.05, 0.1) is 9.82 Å². The van der Waals surface area contributed by atoms with Gasteiger partial charge in [-0.05, 0) is 31.9 Å². The number of hydrogen-bond donors (Lipinski definition) is 2. The predicted octanol–water partition coefficient (Wildman–Crippen LogP) is 1.65. The molecule has 1 atom stereocenters. The third-order valence-corrected chi connectivity index (χ3v) is 5.76. The number of carbonyl (C=O) groups is 1. The fourth-order valence-corrected chi connectivity index (χ4v) is 4.03. The van der Waals surface area contributed by atoms with Crippen LogP contribution in [-0.2, 0) is 14.8 Å². The minimum Gasteiger partial charge on any atom is -0.480 e.